The number of amidine groups is 1. The summed E-state index contributed by atoms with van der Waals surface area (Å²) >= 11 is 0. The molecule has 0 aliphatic carbocycles. The summed E-state index contributed by atoms with van der Waals surface area (Å²) in [5.41, 5.74) is 13.1. The maximum absolute atomic E-state index is 6.34. The summed E-state index contributed by atoms with van der Waals surface area (Å²) in [5, 5.41) is 7.03. The molecule has 0 amide bonds. The van der Waals surface area contributed by atoms with Gasteiger partial charge in [-0.15, -0.1) is 0 Å². The van der Waals surface area contributed by atoms with E-state index in [0.29, 0.717) is 5.84 Å². The maximum Gasteiger partial charge on any atom is 0.160 e. The number of aromatic nitrogens is 1. The molecule has 0 spiro atoms. The Morgan fingerprint density at radius 3 is 2.00 bits per heavy atom. The van der Waals surface area contributed by atoms with Gasteiger partial charge in [0.25, 0.3) is 0 Å². The highest BCUT2D eigenvalue weighted by Gasteiger charge is 2.25. The average molecular weight is 664 g/mol. The topological polar surface area (TPSA) is 42.3 Å². The molecule has 1 aliphatic heterocycles. The minimum atomic E-state index is 0.659. The number of nitrogens with zero attached hydrogens (tertiary/aromatic N) is 3. The Bertz CT molecular complexity index is 3180. The van der Waals surface area contributed by atoms with Crippen LogP contribution in [0.2, 0.25) is 0 Å². The highest BCUT2D eigenvalue weighted by molar-refractivity contribution is 6.28. The van der Waals surface area contributed by atoms with Crippen molar-refractivity contribution in [3.05, 3.63) is 193 Å². The highest BCUT2D eigenvalue weighted by Crippen LogP contribution is 2.46. The number of aliphatic imine (C=N–C) groups is 2. The molecule has 0 unspecified atom stereocenters. The molecule has 0 saturated carbocycles. The van der Waals surface area contributed by atoms with Crippen LogP contribution in [0, 0.1) is 0 Å². The van der Waals surface area contributed by atoms with E-state index in [0.717, 1.165) is 72.3 Å². The fourth-order valence-corrected chi connectivity index (χ4v) is 8.17. The molecule has 0 fully saturated rings. The van der Waals surface area contributed by atoms with Gasteiger partial charge in [-0.05, 0) is 41.5 Å². The van der Waals surface area contributed by atoms with E-state index in [1.165, 1.54) is 32.6 Å². The Balaban J connectivity index is 1.18. The molecular weight excluding hydrogens is 635 g/mol. The number of rotatable bonds is 4. The van der Waals surface area contributed by atoms with Crippen molar-refractivity contribution in [3.63, 3.8) is 0 Å². The second kappa shape index (κ2) is 11.0. The van der Waals surface area contributed by atoms with Crippen LogP contribution in [0.1, 0.15) is 16.7 Å². The van der Waals surface area contributed by atoms with Crippen LogP contribution in [0.4, 0.5) is 0 Å². The fourth-order valence-electron chi connectivity index (χ4n) is 8.17. The van der Waals surface area contributed by atoms with E-state index in [9.17, 15) is 0 Å². The van der Waals surface area contributed by atoms with Gasteiger partial charge in [0.15, 0.2) is 5.84 Å². The third kappa shape index (κ3) is 4.15. The van der Waals surface area contributed by atoms with Crippen LogP contribution in [0.3, 0.4) is 0 Å². The molecular formula is C48H29N3O. The van der Waals surface area contributed by atoms with E-state index in [2.05, 4.69) is 126 Å². The van der Waals surface area contributed by atoms with Gasteiger partial charge >= 0.3 is 0 Å². The van der Waals surface area contributed by atoms with Crippen molar-refractivity contribution in [1.82, 2.24) is 4.40 Å². The molecule has 10 aromatic rings. The Labute approximate surface area is 298 Å². The number of furan rings is 1. The summed E-state index contributed by atoms with van der Waals surface area (Å²) in [6.45, 7) is 4.53. The molecule has 4 nitrogen and oxygen atoms in total. The van der Waals surface area contributed by atoms with Crippen LogP contribution in [0.15, 0.2) is 190 Å². The Morgan fingerprint density at radius 1 is 0.481 bits per heavy atom. The monoisotopic (exact) mass is 663 g/mol. The van der Waals surface area contributed by atoms with Gasteiger partial charge in [0.2, 0.25) is 0 Å². The van der Waals surface area contributed by atoms with Gasteiger partial charge in [-0.25, -0.2) is 9.98 Å². The number of hydrogen-bond acceptors (Lipinski definition) is 3. The zero-order chi connectivity index (χ0) is 34.3. The largest absolute Gasteiger partial charge is 0.456 e. The Hall–Kier alpha value is -7.04. The van der Waals surface area contributed by atoms with E-state index >= 15 is 0 Å². The third-order valence-electron chi connectivity index (χ3n) is 10.5. The number of allylic oxidation sites excluding steroid dienone is 2. The van der Waals surface area contributed by atoms with Gasteiger partial charge < -0.3 is 8.82 Å². The zero-order valence-electron chi connectivity index (χ0n) is 28.0. The number of fused-ring (bicyclic) bond motifs is 9. The van der Waals surface area contributed by atoms with Crippen molar-refractivity contribution in [1.29, 1.82) is 0 Å². The van der Waals surface area contributed by atoms with Crippen molar-refractivity contribution < 1.29 is 4.42 Å². The molecule has 3 aromatic heterocycles. The molecule has 0 saturated heterocycles. The van der Waals surface area contributed by atoms with Crippen molar-refractivity contribution in [3.8, 4) is 11.1 Å². The van der Waals surface area contributed by atoms with Crippen molar-refractivity contribution in [2.24, 2.45) is 9.98 Å². The smallest absolute Gasteiger partial charge is 0.160 e. The average Bonchev–Trinajstić information content (AvgIpc) is 3.82. The summed E-state index contributed by atoms with van der Waals surface area (Å²) < 4.78 is 8.80. The fraction of sp³-hybridized carbons (Fsp3) is 0. The van der Waals surface area contributed by atoms with Gasteiger partial charge in [0.1, 0.15) is 11.2 Å². The number of para-hydroxylation sites is 3. The van der Waals surface area contributed by atoms with Crippen molar-refractivity contribution in [2.75, 3.05) is 0 Å². The SMILES string of the molecule is C=C1C=C(c2ccc3c4cccc(-c5ccc6c(c5)oc5ccccc56)c4n4c5ccccc5c2c34)N=C(c2ccccc2)N=C1c1ccccc1. The standard InChI is InChI=1S/C48H29N3O/c1-29-27-40(49-48(31-15-6-3-7-16-31)50-45(29)30-13-4-2-5-14-30)38-26-25-37-36-20-12-19-33(46(36)51-41-21-10-8-18-39(41)44(38)47(37)51)32-23-24-35-34-17-9-11-22-42(34)52-43(35)28-32/h2-28H,1H2. The predicted octanol–water partition coefficient (Wildman–Crippen LogP) is 12.2. The van der Waals surface area contributed by atoms with Gasteiger partial charge in [0, 0.05) is 54.6 Å². The molecule has 4 heteroatoms. The molecule has 7 aromatic carbocycles. The first kappa shape index (κ1) is 28.8. The molecule has 4 heterocycles. The highest BCUT2D eigenvalue weighted by atomic mass is 16.3. The zero-order valence-corrected chi connectivity index (χ0v) is 28.0. The second-order valence-corrected chi connectivity index (χ2v) is 13.4. The van der Waals surface area contributed by atoms with E-state index in [-0.39, 0.29) is 0 Å². The van der Waals surface area contributed by atoms with Crippen LogP contribution >= 0.6 is 0 Å². The first-order valence-corrected chi connectivity index (χ1v) is 17.5. The van der Waals surface area contributed by atoms with E-state index in [1.54, 1.807) is 0 Å². The summed E-state index contributed by atoms with van der Waals surface area (Å²) in [6.07, 6.45) is 2.10. The van der Waals surface area contributed by atoms with E-state index < -0.39 is 0 Å². The number of hydrogen-bond donors (Lipinski definition) is 0. The van der Waals surface area contributed by atoms with Crippen LogP contribution in [-0.2, 0) is 0 Å². The third-order valence-corrected chi connectivity index (χ3v) is 10.5. The minimum Gasteiger partial charge on any atom is -0.456 e. The summed E-state index contributed by atoms with van der Waals surface area (Å²) in [6, 6.07) is 55.2. The summed E-state index contributed by atoms with van der Waals surface area (Å²) in [4.78, 5) is 10.5. The molecule has 0 atom stereocenters. The molecule has 0 radical (unpaired) electrons. The quantitative estimate of drug-likeness (QED) is 0.185. The van der Waals surface area contributed by atoms with Crippen LogP contribution in [0.5, 0.6) is 0 Å². The molecule has 0 bridgehead atoms. The van der Waals surface area contributed by atoms with Crippen LogP contribution in [0.25, 0.3) is 76.9 Å². The van der Waals surface area contributed by atoms with Crippen molar-refractivity contribution >= 4 is 77.3 Å². The molecule has 1 aliphatic rings. The Kier molecular flexibility index (Phi) is 6.07. The normalized spacial score (nSPS) is 13.8. The summed E-state index contributed by atoms with van der Waals surface area (Å²) in [5.74, 6) is 0.659. The minimum absolute atomic E-state index is 0.659. The van der Waals surface area contributed by atoms with Gasteiger partial charge in [-0.3, -0.25) is 0 Å². The predicted molar refractivity (Wildman–Crippen MR) is 217 cm³/mol. The molecule has 52 heavy (non-hydrogen) atoms. The van der Waals surface area contributed by atoms with E-state index in [4.69, 9.17) is 14.4 Å². The lowest BCUT2D eigenvalue weighted by atomic mass is 9.97. The van der Waals surface area contributed by atoms with E-state index in [1.807, 2.05) is 48.5 Å². The van der Waals surface area contributed by atoms with Gasteiger partial charge in [-0.1, -0.05) is 140 Å². The Morgan fingerprint density at radius 2 is 1.15 bits per heavy atom. The van der Waals surface area contributed by atoms with Crippen molar-refractivity contribution in [2.45, 2.75) is 0 Å². The first-order chi connectivity index (χ1) is 25.7. The molecule has 242 valence electrons. The lowest BCUT2D eigenvalue weighted by Gasteiger charge is -2.08. The van der Waals surface area contributed by atoms with Crippen LogP contribution < -0.4 is 0 Å². The first-order valence-electron chi connectivity index (χ1n) is 17.5. The second-order valence-electron chi connectivity index (χ2n) is 13.4. The van der Waals surface area contributed by atoms with Crippen LogP contribution in [-0.4, -0.2) is 15.9 Å². The molecule has 0 N–H and O–H groups in total. The number of benzene rings is 7. The van der Waals surface area contributed by atoms with Gasteiger partial charge in [0.05, 0.1) is 28.0 Å². The summed E-state index contributed by atoms with van der Waals surface area (Å²) in [7, 11) is 0. The maximum atomic E-state index is 6.34. The van der Waals surface area contributed by atoms with Gasteiger partial charge in [-0.2, -0.15) is 0 Å². The lowest BCUT2D eigenvalue weighted by Crippen LogP contribution is -2.06. The molecule has 11 rings (SSSR count). The lowest BCUT2D eigenvalue weighted by molar-refractivity contribution is 0.669.